The summed E-state index contributed by atoms with van der Waals surface area (Å²) in [5.41, 5.74) is 0.667. The topological polar surface area (TPSA) is 41.6 Å². The average molecular weight is 276 g/mol. The van der Waals surface area contributed by atoms with E-state index < -0.39 is 5.60 Å². The van der Waals surface area contributed by atoms with Gasteiger partial charge in [-0.1, -0.05) is 18.2 Å². The number of carbonyl (C=O) groups excluding carboxylic acids is 1. The van der Waals surface area contributed by atoms with E-state index in [0.29, 0.717) is 12.6 Å². The molecule has 0 spiro atoms. The third-order valence-electron chi connectivity index (χ3n) is 3.22. The van der Waals surface area contributed by atoms with Gasteiger partial charge in [0.05, 0.1) is 0 Å². The Kier molecular flexibility index (Phi) is 4.53. The van der Waals surface area contributed by atoms with Crippen molar-refractivity contribution in [1.29, 1.82) is 0 Å². The van der Waals surface area contributed by atoms with Crippen molar-refractivity contribution in [3.63, 3.8) is 0 Å². The minimum atomic E-state index is -0.434. The van der Waals surface area contributed by atoms with E-state index in [4.69, 9.17) is 4.74 Å². The summed E-state index contributed by atoms with van der Waals surface area (Å²) in [7, 11) is 0. The first kappa shape index (κ1) is 14.7. The van der Waals surface area contributed by atoms with Crippen LogP contribution in [-0.4, -0.2) is 35.7 Å². The number of likely N-dealkylation sites (tertiary alicyclic amines) is 1. The smallest absolute Gasteiger partial charge is 0.410 e. The van der Waals surface area contributed by atoms with Crippen molar-refractivity contribution in [3.05, 3.63) is 30.3 Å². The molecule has 1 aromatic carbocycles. The lowest BCUT2D eigenvalue weighted by atomic mass is 10.1. The van der Waals surface area contributed by atoms with E-state index >= 15 is 0 Å². The van der Waals surface area contributed by atoms with Crippen LogP contribution in [-0.2, 0) is 4.74 Å². The van der Waals surface area contributed by atoms with Gasteiger partial charge in [-0.2, -0.15) is 0 Å². The Balaban J connectivity index is 1.90. The average Bonchev–Trinajstić information content (AvgIpc) is 2.38. The SMILES string of the molecule is CC(C)(C)OC(=O)N1CCC[C@@H](Nc2ccccc2)C1. The van der Waals surface area contributed by atoms with Crippen molar-refractivity contribution in [3.8, 4) is 0 Å². The number of hydrogen-bond donors (Lipinski definition) is 1. The molecule has 0 aromatic heterocycles. The number of amides is 1. The normalized spacial score (nSPS) is 19.6. The first-order chi connectivity index (χ1) is 9.44. The summed E-state index contributed by atoms with van der Waals surface area (Å²) in [4.78, 5) is 13.9. The van der Waals surface area contributed by atoms with Crippen LogP contribution in [0.5, 0.6) is 0 Å². The van der Waals surface area contributed by atoms with Crippen LogP contribution in [0.15, 0.2) is 30.3 Å². The van der Waals surface area contributed by atoms with Crippen molar-refractivity contribution < 1.29 is 9.53 Å². The molecule has 1 aliphatic heterocycles. The van der Waals surface area contributed by atoms with Gasteiger partial charge in [0.2, 0.25) is 0 Å². The number of hydrogen-bond acceptors (Lipinski definition) is 3. The van der Waals surface area contributed by atoms with Crippen molar-refractivity contribution in [1.82, 2.24) is 4.90 Å². The first-order valence-electron chi connectivity index (χ1n) is 7.23. The highest BCUT2D eigenvalue weighted by Crippen LogP contribution is 2.18. The lowest BCUT2D eigenvalue weighted by Gasteiger charge is -2.34. The van der Waals surface area contributed by atoms with Crippen molar-refractivity contribution in [2.24, 2.45) is 0 Å². The van der Waals surface area contributed by atoms with E-state index in [0.717, 1.165) is 25.1 Å². The van der Waals surface area contributed by atoms with E-state index in [1.807, 2.05) is 51.1 Å². The molecule has 4 nitrogen and oxygen atoms in total. The van der Waals surface area contributed by atoms with Crippen LogP contribution in [0.1, 0.15) is 33.6 Å². The Bertz CT molecular complexity index is 440. The molecule has 0 radical (unpaired) electrons. The fourth-order valence-electron chi connectivity index (χ4n) is 2.36. The van der Waals surface area contributed by atoms with Gasteiger partial charge in [-0.05, 0) is 45.7 Å². The molecule has 1 aromatic rings. The molecule has 4 heteroatoms. The maximum atomic E-state index is 12.1. The zero-order valence-corrected chi connectivity index (χ0v) is 12.6. The fraction of sp³-hybridized carbons (Fsp3) is 0.562. The van der Waals surface area contributed by atoms with Gasteiger partial charge in [-0.25, -0.2) is 4.79 Å². The number of benzene rings is 1. The molecule has 1 atom stereocenters. The molecule has 1 fully saturated rings. The molecular weight excluding hydrogens is 252 g/mol. The van der Waals surface area contributed by atoms with Crippen LogP contribution >= 0.6 is 0 Å². The van der Waals surface area contributed by atoms with Crippen LogP contribution in [0, 0.1) is 0 Å². The third kappa shape index (κ3) is 4.44. The van der Waals surface area contributed by atoms with Crippen LogP contribution in [0.2, 0.25) is 0 Å². The lowest BCUT2D eigenvalue weighted by molar-refractivity contribution is 0.0206. The van der Waals surface area contributed by atoms with E-state index in [1.165, 1.54) is 0 Å². The van der Waals surface area contributed by atoms with Crippen molar-refractivity contribution in [2.45, 2.75) is 45.3 Å². The molecule has 110 valence electrons. The predicted molar refractivity (Wildman–Crippen MR) is 80.9 cm³/mol. The van der Waals surface area contributed by atoms with E-state index in [2.05, 4.69) is 5.32 Å². The summed E-state index contributed by atoms with van der Waals surface area (Å²) in [5, 5.41) is 3.48. The number of carbonyl (C=O) groups is 1. The monoisotopic (exact) mass is 276 g/mol. The molecule has 1 N–H and O–H groups in total. The molecule has 1 amide bonds. The molecule has 0 bridgehead atoms. The Labute approximate surface area is 121 Å². The van der Waals surface area contributed by atoms with E-state index in [1.54, 1.807) is 4.90 Å². The minimum Gasteiger partial charge on any atom is -0.444 e. The van der Waals surface area contributed by atoms with Gasteiger partial charge in [-0.3, -0.25) is 0 Å². The van der Waals surface area contributed by atoms with Gasteiger partial charge < -0.3 is 15.0 Å². The van der Waals surface area contributed by atoms with Gasteiger partial charge in [-0.15, -0.1) is 0 Å². The Morgan fingerprint density at radius 2 is 2.00 bits per heavy atom. The number of piperidine rings is 1. The second-order valence-corrected chi connectivity index (χ2v) is 6.28. The highest BCUT2D eigenvalue weighted by atomic mass is 16.6. The van der Waals surface area contributed by atoms with E-state index in [9.17, 15) is 4.79 Å². The molecule has 1 aliphatic rings. The second kappa shape index (κ2) is 6.16. The summed E-state index contributed by atoms with van der Waals surface area (Å²) in [6, 6.07) is 10.4. The van der Waals surface area contributed by atoms with Crippen LogP contribution in [0.3, 0.4) is 0 Å². The first-order valence-corrected chi connectivity index (χ1v) is 7.23. The number of nitrogens with zero attached hydrogens (tertiary/aromatic N) is 1. The van der Waals surface area contributed by atoms with Crippen molar-refractivity contribution in [2.75, 3.05) is 18.4 Å². The Morgan fingerprint density at radius 1 is 1.30 bits per heavy atom. The summed E-state index contributed by atoms with van der Waals surface area (Å²) in [5.74, 6) is 0. The molecule has 1 heterocycles. The van der Waals surface area contributed by atoms with Gasteiger partial charge >= 0.3 is 6.09 Å². The number of nitrogens with one attached hydrogen (secondary N) is 1. The number of ether oxygens (including phenoxy) is 1. The van der Waals surface area contributed by atoms with E-state index in [-0.39, 0.29) is 6.09 Å². The van der Waals surface area contributed by atoms with Crippen LogP contribution < -0.4 is 5.32 Å². The summed E-state index contributed by atoms with van der Waals surface area (Å²) < 4.78 is 5.43. The van der Waals surface area contributed by atoms with Gasteiger partial charge in [0.15, 0.2) is 0 Å². The minimum absolute atomic E-state index is 0.211. The molecule has 0 saturated carbocycles. The van der Waals surface area contributed by atoms with Crippen LogP contribution in [0.25, 0.3) is 0 Å². The molecule has 2 rings (SSSR count). The van der Waals surface area contributed by atoms with Gasteiger partial charge in [0.25, 0.3) is 0 Å². The second-order valence-electron chi connectivity index (χ2n) is 6.28. The molecule has 0 unspecified atom stereocenters. The Morgan fingerprint density at radius 3 is 2.65 bits per heavy atom. The highest BCUT2D eigenvalue weighted by Gasteiger charge is 2.27. The summed E-state index contributed by atoms with van der Waals surface area (Å²) in [6.07, 6.45) is 1.87. The van der Waals surface area contributed by atoms with Crippen molar-refractivity contribution >= 4 is 11.8 Å². The number of para-hydroxylation sites is 1. The predicted octanol–water partition coefficient (Wildman–Crippen LogP) is 3.50. The largest absolute Gasteiger partial charge is 0.444 e. The number of anilines is 1. The standard InChI is InChI=1S/C16H24N2O2/c1-16(2,3)20-15(19)18-11-7-10-14(12-18)17-13-8-5-4-6-9-13/h4-6,8-9,14,17H,7,10-12H2,1-3H3/t14-/m1/s1. The van der Waals surface area contributed by atoms with Crippen LogP contribution in [0.4, 0.5) is 10.5 Å². The number of rotatable bonds is 2. The Hall–Kier alpha value is -1.71. The maximum Gasteiger partial charge on any atom is 0.410 e. The fourth-order valence-corrected chi connectivity index (χ4v) is 2.36. The maximum absolute atomic E-state index is 12.1. The summed E-state index contributed by atoms with van der Waals surface area (Å²) in [6.45, 7) is 7.17. The zero-order valence-electron chi connectivity index (χ0n) is 12.6. The molecule has 1 saturated heterocycles. The summed E-state index contributed by atoms with van der Waals surface area (Å²) >= 11 is 0. The zero-order chi connectivity index (χ0) is 14.6. The lowest BCUT2D eigenvalue weighted by Crippen LogP contribution is -2.46. The third-order valence-corrected chi connectivity index (χ3v) is 3.22. The van der Waals surface area contributed by atoms with Gasteiger partial charge in [0.1, 0.15) is 5.60 Å². The molecule has 20 heavy (non-hydrogen) atoms. The molecular formula is C16H24N2O2. The van der Waals surface area contributed by atoms with Gasteiger partial charge in [0, 0.05) is 24.8 Å². The molecule has 0 aliphatic carbocycles. The highest BCUT2D eigenvalue weighted by molar-refractivity contribution is 5.68. The quantitative estimate of drug-likeness (QED) is 0.899.